The van der Waals surface area contributed by atoms with E-state index in [1.807, 2.05) is 31.2 Å². The number of hydrogen-bond acceptors (Lipinski definition) is 5. The fourth-order valence-electron chi connectivity index (χ4n) is 3.73. The van der Waals surface area contributed by atoms with Crippen molar-refractivity contribution in [3.8, 4) is 5.69 Å². The zero-order valence-electron chi connectivity index (χ0n) is 16.8. The number of rotatable bonds is 6. The van der Waals surface area contributed by atoms with Crippen LogP contribution in [0.3, 0.4) is 0 Å². The molecular formula is C22H24ClN5O2. The summed E-state index contributed by atoms with van der Waals surface area (Å²) in [6.45, 7) is 5.72. The van der Waals surface area contributed by atoms with Crippen molar-refractivity contribution in [3.05, 3.63) is 75.9 Å². The highest BCUT2D eigenvalue weighted by Gasteiger charge is 2.24. The Hall–Kier alpha value is -2.90. The molecule has 0 bridgehead atoms. The summed E-state index contributed by atoms with van der Waals surface area (Å²) in [6.07, 6.45) is 1.93. The Bertz CT molecular complexity index is 1070. The molecule has 156 valence electrons. The average Bonchev–Trinajstić information content (AvgIpc) is 3.16. The molecule has 1 fully saturated rings. The predicted octanol–water partition coefficient (Wildman–Crippen LogP) is 2.93. The van der Waals surface area contributed by atoms with Crippen molar-refractivity contribution < 1.29 is 4.79 Å². The number of aromatic nitrogens is 3. The minimum Gasteiger partial charge on any atom is -0.369 e. The average molecular weight is 426 g/mol. The van der Waals surface area contributed by atoms with E-state index in [2.05, 4.69) is 15.3 Å². The minimum absolute atomic E-state index is 0.157. The summed E-state index contributed by atoms with van der Waals surface area (Å²) in [5.41, 5.74) is 2.02. The van der Waals surface area contributed by atoms with Crippen LogP contribution in [0.15, 0.2) is 59.7 Å². The molecule has 1 unspecified atom stereocenters. The van der Waals surface area contributed by atoms with E-state index in [4.69, 9.17) is 11.6 Å². The summed E-state index contributed by atoms with van der Waals surface area (Å²) in [5.74, 6) is -0.157. The van der Waals surface area contributed by atoms with Crippen LogP contribution in [0.5, 0.6) is 0 Å². The SMILES string of the molecule is CCC(C(=O)c1ccc(Cl)cc1)n1ncn(-c2ccc(N3CCNCC3)cc2)c1=O. The first kappa shape index (κ1) is 20.4. The zero-order valence-corrected chi connectivity index (χ0v) is 17.5. The lowest BCUT2D eigenvalue weighted by Gasteiger charge is -2.29. The maximum Gasteiger partial charge on any atom is 0.351 e. The molecule has 0 radical (unpaired) electrons. The largest absolute Gasteiger partial charge is 0.369 e. The number of anilines is 1. The third-order valence-electron chi connectivity index (χ3n) is 5.42. The number of Topliss-reactive ketones (excluding diaryl/α,β-unsaturated/α-hetero) is 1. The number of nitrogens with zero attached hydrogens (tertiary/aromatic N) is 4. The Morgan fingerprint density at radius 3 is 2.33 bits per heavy atom. The van der Waals surface area contributed by atoms with E-state index in [9.17, 15) is 9.59 Å². The van der Waals surface area contributed by atoms with Gasteiger partial charge < -0.3 is 10.2 Å². The van der Waals surface area contributed by atoms with Gasteiger partial charge in [0, 0.05) is 42.5 Å². The van der Waals surface area contributed by atoms with E-state index in [1.54, 1.807) is 24.3 Å². The molecule has 0 spiro atoms. The van der Waals surface area contributed by atoms with E-state index in [0.717, 1.165) is 37.6 Å². The number of benzene rings is 2. The van der Waals surface area contributed by atoms with Gasteiger partial charge in [0.15, 0.2) is 5.78 Å². The van der Waals surface area contributed by atoms with Crippen LogP contribution < -0.4 is 15.9 Å². The van der Waals surface area contributed by atoms with Gasteiger partial charge in [-0.05, 0) is 55.0 Å². The van der Waals surface area contributed by atoms with E-state index in [1.165, 1.54) is 15.6 Å². The molecule has 1 atom stereocenters. The Kier molecular flexibility index (Phi) is 6.01. The number of carbonyl (C=O) groups is 1. The summed E-state index contributed by atoms with van der Waals surface area (Å²) in [4.78, 5) is 28.3. The molecule has 0 saturated carbocycles. The molecule has 3 aromatic rings. The Morgan fingerprint density at radius 2 is 1.70 bits per heavy atom. The summed E-state index contributed by atoms with van der Waals surface area (Å²) in [7, 11) is 0. The molecule has 1 aromatic heterocycles. The van der Waals surface area contributed by atoms with Gasteiger partial charge in [-0.15, -0.1) is 0 Å². The first-order valence-corrected chi connectivity index (χ1v) is 10.5. The standard InChI is InChI=1S/C22H24ClN5O2/c1-2-20(21(29)16-3-5-17(23)6-4-16)28-22(30)27(15-25-28)19-9-7-18(8-10-19)26-13-11-24-12-14-26/h3-10,15,20,24H,2,11-14H2,1H3. The second-order valence-corrected chi connectivity index (χ2v) is 7.71. The third-order valence-corrected chi connectivity index (χ3v) is 5.67. The lowest BCUT2D eigenvalue weighted by atomic mass is 10.0. The zero-order chi connectivity index (χ0) is 21.1. The predicted molar refractivity (Wildman–Crippen MR) is 118 cm³/mol. The first-order chi connectivity index (χ1) is 14.6. The summed E-state index contributed by atoms with van der Waals surface area (Å²) >= 11 is 5.92. The van der Waals surface area contributed by atoms with Crippen molar-refractivity contribution in [1.29, 1.82) is 0 Å². The third kappa shape index (κ3) is 4.04. The van der Waals surface area contributed by atoms with Gasteiger partial charge in [0.1, 0.15) is 12.4 Å². The number of ketones is 1. The molecule has 2 heterocycles. The molecule has 1 N–H and O–H groups in total. The van der Waals surface area contributed by atoms with Gasteiger partial charge in [-0.25, -0.2) is 14.0 Å². The monoisotopic (exact) mass is 425 g/mol. The molecule has 0 aliphatic carbocycles. The second kappa shape index (κ2) is 8.85. The van der Waals surface area contributed by atoms with Gasteiger partial charge in [-0.1, -0.05) is 18.5 Å². The molecule has 8 heteroatoms. The molecule has 2 aromatic carbocycles. The maximum absolute atomic E-state index is 13.0. The molecule has 7 nitrogen and oxygen atoms in total. The van der Waals surface area contributed by atoms with Crippen LogP contribution in [-0.4, -0.2) is 46.3 Å². The van der Waals surface area contributed by atoms with E-state index < -0.39 is 6.04 Å². The quantitative estimate of drug-likeness (QED) is 0.615. The molecule has 1 saturated heterocycles. The van der Waals surface area contributed by atoms with E-state index in [-0.39, 0.29) is 11.5 Å². The first-order valence-electron chi connectivity index (χ1n) is 10.1. The number of halogens is 1. The summed E-state index contributed by atoms with van der Waals surface area (Å²) in [5, 5.41) is 8.14. The Morgan fingerprint density at radius 1 is 1.07 bits per heavy atom. The lowest BCUT2D eigenvalue weighted by molar-refractivity contribution is 0.0911. The highest BCUT2D eigenvalue weighted by atomic mass is 35.5. The Labute approximate surface area is 179 Å². The molecular weight excluding hydrogens is 402 g/mol. The summed E-state index contributed by atoms with van der Waals surface area (Å²) in [6, 6.07) is 13.9. The van der Waals surface area contributed by atoms with Crippen LogP contribution in [0.4, 0.5) is 5.69 Å². The second-order valence-electron chi connectivity index (χ2n) is 7.28. The van der Waals surface area contributed by atoms with Gasteiger partial charge in [0.05, 0.1) is 5.69 Å². The van der Waals surface area contributed by atoms with Crippen LogP contribution in [0.1, 0.15) is 29.7 Å². The summed E-state index contributed by atoms with van der Waals surface area (Å²) < 4.78 is 2.74. The van der Waals surface area contributed by atoms with Crippen LogP contribution in [0.25, 0.3) is 5.69 Å². The lowest BCUT2D eigenvalue weighted by Crippen LogP contribution is -2.43. The van der Waals surface area contributed by atoms with Gasteiger partial charge in [0.25, 0.3) is 0 Å². The van der Waals surface area contributed by atoms with E-state index >= 15 is 0 Å². The van der Waals surface area contributed by atoms with Crippen LogP contribution in [-0.2, 0) is 0 Å². The highest BCUT2D eigenvalue weighted by molar-refractivity contribution is 6.30. The number of carbonyl (C=O) groups excluding carboxylic acids is 1. The molecule has 30 heavy (non-hydrogen) atoms. The smallest absolute Gasteiger partial charge is 0.351 e. The number of piperazine rings is 1. The van der Waals surface area contributed by atoms with Gasteiger partial charge >= 0.3 is 5.69 Å². The molecule has 1 aliphatic heterocycles. The maximum atomic E-state index is 13.0. The topological polar surface area (TPSA) is 72.2 Å². The minimum atomic E-state index is -0.667. The van der Waals surface area contributed by atoms with Gasteiger partial charge in [-0.3, -0.25) is 4.79 Å². The van der Waals surface area contributed by atoms with Gasteiger partial charge in [0.2, 0.25) is 0 Å². The number of hydrogen-bond donors (Lipinski definition) is 1. The van der Waals surface area contributed by atoms with Crippen LogP contribution >= 0.6 is 11.6 Å². The fraction of sp³-hybridized carbons (Fsp3) is 0.318. The van der Waals surface area contributed by atoms with Crippen molar-refractivity contribution in [2.24, 2.45) is 0 Å². The van der Waals surface area contributed by atoms with Crippen molar-refractivity contribution >= 4 is 23.1 Å². The van der Waals surface area contributed by atoms with Gasteiger partial charge in [-0.2, -0.15) is 5.10 Å². The van der Waals surface area contributed by atoms with Crippen molar-refractivity contribution in [1.82, 2.24) is 19.7 Å². The molecule has 4 rings (SSSR count). The van der Waals surface area contributed by atoms with Crippen LogP contribution in [0.2, 0.25) is 5.02 Å². The fourth-order valence-corrected chi connectivity index (χ4v) is 3.86. The van der Waals surface area contributed by atoms with Crippen molar-refractivity contribution in [2.45, 2.75) is 19.4 Å². The van der Waals surface area contributed by atoms with E-state index in [0.29, 0.717) is 17.0 Å². The van der Waals surface area contributed by atoms with Crippen molar-refractivity contribution in [2.75, 3.05) is 31.1 Å². The molecule has 1 aliphatic rings. The normalized spacial score (nSPS) is 15.2. The number of nitrogens with one attached hydrogen (secondary N) is 1. The van der Waals surface area contributed by atoms with Crippen molar-refractivity contribution in [3.63, 3.8) is 0 Å². The Balaban J connectivity index is 1.58. The molecule has 0 amide bonds. The van der Waals surface area contributed by atoms with Crippen LogP contribution in [0, 0.1) is 0 Å². The highest BCUT2D eigenvalue weighted by Crippen LogP contribution is 2.20.